The first-order valence-corrected chi connectivity index (χ1v) is 7.26. The van der Waals surface area contributed by atoms with Gasteiger partial charge < -0.3 is 14.8 Å². The Kier molecular flexibility index (Phi) is 5.23. The predicted octanol–water partition coefficient (Wildman–Crippen LogP) is 4.04. The molecule has 0 amide bonds. The van der Waals surface area contributed by atoms with Crippen LogP contribution in [0.25, 0.3) is 11.1 Å². The van der Waals surface area contributed by atoms with E-state index < -0.39 is 0 Å². The SMILES string of the molecule is CCNC(C)c1ccccc1-c1cc(OC)ccc1OC. The van der Waals surface area contributed by atoms with Crippen LogP contribution in [0.4, 0.5) is 0 Å². The number of nitrogens with one attached hydrogen (secondary N) is 1. The number of benzene rings is 2. The zero-order valence-corrected chi connectivity index (χ0v) is 13.1. The van der Waals surface area contributed by atoms with Gasteiger partial charge in [0.2, 0.25) is 0 Å². The molecule has 112 valence electrons. The average molecular weight is 285 g/mol. The number of methoxy groups -OCH3 is 2. The lowest BCUT2D eigenvalue weighted by Crippen LogP contribution is -2.18. The zero-order valence-electron chi connectivity index (χ0n) is 13.1. The highest BCUT2D eigenvalue weighted by atomic mass is 16.5. The summed E-state index contributed by atoms with van der Waals surface area (Å²) in [7, 11) is 3.38. The fourth-order valence-electron chi connectivity index (χ4n) is 2.56. The second-order valence-corrected chi connectivity index (χ2v) is 4.93. The van der Waals surface area contributed by atoms with Crippen molar-refractivity contribution in [1.29, 1.82) is 0 Å². The maximum Gasteiger partial charge on any atom is 0.126 e. The monoisotopic (exact) mass is 285 g/mol. The molecule has 21 heavy (non-hydrogen) atoms. The first kappa shape index (κ1) is 15.4. The number of rotatable bonds is 6. The van der Waals surface area contributed by atoms with E-state index >= 15 is 0 Å². The van der Waals surface area contributed by atoms with Gasteiger partial charge in [-0.1, -0.05) is 31.2 Å². The molecule has 0 bridgehead atoms. The lowest BCUT2D eigenvalue weighted by molar-refractivity contribution is 0.404. The molecule has 1 N–H and O–H groups in total. The molecule has 0 spiro atoms. The van der Waals surface area contributed by atoms with Gasteiger partial charge in [0.1, 0.15) is 11.5 Å². The van der Waals surface area contributed by atoms with E-state index in [1.54, 1.807) is 14.2 Å². The molecule has 0 heterocycles. The van der Waals surface area contributed by atoms with Crippen LogP contribution in [-0.2, 0) is 0 Å². The molecule has 0 saturated heterocycles. The minimum atomic E-state index is 0.280. The molecule has 2 aromatic carbocycles. The highest BCUT2D eigenvalue weighted by Crippen LogP contribution is 2.37. The largest absolute Gasteiger partial charge is 0.497 e. The molecule has 0 radical (unpaired) electrons. The summed E-state index contributed by atoms with van der Waals surface area (Å²) in [6.45, 7) is 5.23. The van der Waals surface area contributed by atoms with Crippen molar-refractivity contribution in [3.8, 4) is 22.6 Å². The second-order valence-electron chi connectivity index (χ2n) is 4.93. The van der Waals surface area contributed by atoms with Gasteiger partial charge in [0.05, 0.1) is 14.2 Å². The molecule has 1 atom stereocenters. The molecule has 2 rings (SSSR count). The molecule has 0 saturated carbocycles. The lowest BCUT2D eigenvalue weighted by Gasteiger charge is -2.19. The Morgan fingerprint density at radius 1 is 1.00 bits per heavy atom. The fourth-order valence-corrected chi connectivity index (χ4v) is 2.56. The van der Waals surface area contributed by atoms with Crippen molar-refractivity contribution in [1.82, 2.24) is 5.32 Å². The molecule has 0 fully saturated rings. The molecule has 0 aromatic heterocycles. The van der Waals surface area contributed by atoms with Crippen molar-refractivity contribution in [2.75, 3.05) is 20.8 Å². The lowest BCUT2D eigenvalue weighted by atomic mass is 9.94. The van der Waals surface area contributed by atoms with E-state index in [1.807, 2.05) is 18.2 Å². The van der Waals surface area contributed by atoms with Gasteiger partial charge in [-0.3, -0.25) is 0 Å². The molecular weight excluding hydrogens is 262 g/mol. The van der Waals surface area contributed by atoms with Crippen LogP contribution in [0.15, 0.2) is 42.5 Å². The summed E-state index contributed by atoms with van der Waals surface area (Å²) >= 11 is 0. The Labute approximate surface area is 126 Å². The van der Waals surface area contributed by atoms with Crippen LogP contribution in [0.5, 0.6) is 11.5 Å². The molecule has 1 unspecified atom stereocenters. The van der Waals surface area contributed by atoms with Gasteiger partial charge in [-0.15, -0.1) is 0 Å². The summed E-state index contributed by atoms with van der Waals surface area (Å²) in [6.07, 6.45) is 0. The molecule has 2 aromatic rings. The maximum atomic E-state index is 5.52. The third kappa shape index (κ3) is 3.37. The van der Waals surface area contributed by atoms with E-state index in [4.69, 9.17) is 9.47 Å². The Morgan fingerprint density at radius 3 is 2.43 bits per heavy atom. The predicted molar refractivity (Wildman–Crippen MR) is 87.1 cm³/mol. The van der Waals surface area contributed by atoms with Crippen LogP contribution in [-0.4, -0.2) is 20.8 Å². The number of ether oxygens (including phenoxy) is 2. The van der Waals surface area contributed by atoms with E-state index in [0.29, 0.717) is 0 Å². The summed E-state index contributed by atoms with van der Waals surface area (Å²) in [5.41, 5.74) is 3.48. The third-order valence-corrected chi connectivity index (χ3v) is 3.63. The van der Waals surface area contributed by atoms with Crippen molar-refractivity contribution < 1.29 is 9.47 Å². The van der Waals surface area contributed by atoms with E-state index in [1.165, 1.54) is 11.1 Å². The first-order chi connectivity index (χ1) is 10.2. The maximum absolute atomic E-state index is 5.52. The van der Waals surface area contributed by atoms with Gasteiger partial charge in [0.15, 0.2) is 0 Å². The molecule has 3 nitrogen and oxygen atoms in total. The van der Waals surface area contributed by atoms with Gasteiger partial charge in [0.25, 0.3) is 0 Å². The highest BCUT2D eigenvalue weighted by molar-refractivity contribution is 5.75. The highest BCUT2D eigenvalue weighted by Gasteiger charge is 2.14. The second kappa shape index (κ2) is 7.14. The van der Waals surface area contributed by atoms with Gasteiger partial charge in [0, 0.05) is 11.6 Å². The van der Waals surface area contributed by atoms with Crippen LogP contribution in [0.3, 0.4) is 0 Å². The standard InChI is InChI=1S/C18H23NO2/c1-5-19-13(2)15-8-6-7-9-16(15)17-12-14(20-3)10-11-18(17)21-4/h6-13,19H,5H2,1-4H3. The minimum Gasteiger partial charge on any atom is -0.497 e. The van der Waals surface area contributed by atoms with Gasteiger partial charge in [-0.05, 0) is 42.8 Å². The minimum absolute atomic E-state index is 0.280. The van der Waals surface area contributed by atoms with Crippen molar-refractivity contribution in [3.05, 3.63) is 48.0 Å². The normalized spacial score (nSPS) is 12.0. The summed E-state index contributed by atoms with van der Waals surface area (Å²) < 4.78 is 10.9. The van der Waals surface area contributed by atoms with Crippen molar-refractivity contribution >= 4 is 0 Å². The number of hydrogen-bond donors (Lipinski definition) is 1. The smallest absolute Gasteiger partial charge is 0.126 e. The fraction of sp³-hybridized carbons (Fsp3) is 0.333. The molecule has 0 aliphatic rings. The number of hydrogen-bond acceptors (Lipinski definition) is 3. The van der Waals surface area contributed by atoms with Crippen LogP contribution in [0.1, 0.15) is 25.5 Å². The van der Waals surface area contributed by atoms with E-state index in [2.05, 4.69) is 43.4 Å². The van der Waals surface area contributed by atoms with Crippen LogP contribution in [0.2, 0.25) is 0 Å². The molecular formula is C18H23NO2. The summed E-state index contributed by atoms with van der Waals surface area (Å²) in [5.74, 6) is 1.68. The zero-order chi connectivity index (χ0) is 15.2. The Hall–Kier alpha value is -2.00. The average Bonchev–Trinajstić information content (AvgIpc) is 2.54. The van der Waals surface area contributed by atoms with Crippen LogP contribution in [0, 0.1) is 0 Å². The summed E-state index contributed by atoms with van der Waals surface area (Å²) in [5, 5.41) is 3.47. The van der Waals surface area contributed by atoms with Gasteiger partial charge in [-0.2, -0.15) is 0 Å². The van der Waals surface area contributed by atoms with E-state index in [9.17, 15) is 0 Å². The van der Waals surface area contributed by atoms with E-state index in [-0.39, 0.29) is 6.04 Å². The van der Waals surface area contributed by atoms with Crippen LogP contribution >= 0.6 is 0 Å². The topological polar surface area (TPSA) is 30.5 Å². The quantitative estimate of drug-likeness (QED) is 0.869. The Morgan fingerprint density at radius 2 is 1.76 bits per heavy atom. The summed E-state index contributed by atoms with van der Waals surface area (Å²) in [6, 6.07) is 14.6. The summed E-state index contributed by atoms with van der Waals surface area (Å²) in [4.78, 5) is 0. The van der Waals surface area contributed by atoms with Gasteiger partial charge in [-0.25, -0.2) is 0 Å². The van der Waals surface area contributed by atoms with Crippen LogP contribution < -0.4 is 14.8 Å². The first-order valence-electron chi connectivity index (χ1n) is 7.26. The third-order valence-electron chi connectivity index (χ3n) is 3.63. The van der Waals surface area contributed by atoms with E-state index in [0.717, 1.165) is 23.6 Å². The Bertz CT molecular complexity index is 596. The van der Waals surface area contributed by atoms with Gasteiger partial charge >= 0.3 is 0 Å². The molecule has 3 heteroatoms. The Balaban J connectivity index is 2.55. The molecule has 0 aliphatic heterocycles. The van der Waals surface area contributed by atoms with Crippen molar-refractivity contribution in [2.45, 2.75) is 19.9 Å². The van der Waals surface area contributed by atoms with Crippen molar-refractivity contribution in [3.63, 3.8) is 0 Å². The molecule has 0 aliphatic carbocycles. The van der Waals surface area contributed by atoms with Crippen molar-refractivity contribution in [2.24, 2.45) is 0 Å².